The van der Waals surface area contributed by atoms with Crippen LogP contribution in [-0.2, 0) is 17.9 Å². The number of likely N-dealkylation sites (N-methyl/N-ethyl adjacent to an activating group) is 2. The third kappa shape index (κ3) is 13.6. The van der Waals surface area contributed by atoms with Gasteiger partial charge in [-0.1, -0.05) is 56.1 Å². The molecule has 2 heterocycles. The average molecular weight is 1000 g/mol. The van der Waals surface area contributed by atoms with Crippen molar-refractivity contribution in [3.8, 4) is 0 Å². The van der Waals surface area contributed by atoms with Gasteiger partial charge in [0.15, 0.2) is 11.6 Å². The Morgan fingerprint density at radius 3 is 1.35 bits per heavy atom. The number of amides is 5. The third-order valence-corrected chi connectivity index (χ3v) is 11.6. The summed E-state index contributed by atoms with van der Waals surface area (Å²) >= 11 is 6.77. The van der Waals surface area contributed by atoms with Crippen molar-refractivity contribution in [3.05, 3.63) is 128 Å². The van der Waals surface area contributed by atoms with Crippen molar-refractivity contribution in [2.24, 2.45) is 5.73 Å². The zero-order valence-corrected chi connectivity index (χ0v) is 37.9. The molecule has 2 aliphatic heterocycles. The topological polar surface area (TPSA) is 143 Å². The second-order valence-electron chi connectivity index (χ2n) is 15.0. The lowest BCUT2D eigenvalue weighted by atomic mass is 10.1. The van der Waals surface area contributed by atoms with Crippen LogP contribution >= 0.6 is 31.9 Å². The molecule has 2 saturated heterocycles. The number of piperazine rings is 2. The Hall–Kier alpha value is -5.21. The molecule has 2 aliphatic rings. The van der Waals surface area contributed by atoms with Crippen LogP contribution in [0.3, 0.4) is 0 Å². The Labute approximate surface area is 380 Å². The van der Waals surface area contributed by atoms with Crippen LogP contribution in [0.2, 0.25) is 0 Å². The highest BCUT2D eigenvalue weighted by atomic mass is 79.9. The summed E-state index contributed by atoms with van der Waals surface area (Å²) in [5, 5.41) is 1.80. The second kappa shape index (κ2) is 22.9. The zero-order valence-electron chi connectivity index (χ0n) is 34.7. The molecule has 5 amide bonds. The number of ketones is 2. The van der Waals surface area contributed by atoms with E-state index in [4.69, 9.17) is 5.73 Å². The highest BCUT2D eigenvalue weighted by Gasteiger charge is 2.28. The summed E-state index contributed by atoms with van der Waals surface area (Å²) < 4.78 is 55.9. The van der Waals surface area contributed by atoms with Crippen molar-refractivity contribution in [3.63, 3.8) is 0 Å². The van der Waals surface area contributed by atoms with E-state index in [9.17, 15) is 41.5 Å². The minimum Gasteiger partial charge on any atom is -0.344 e. The van der Waals surface area contributed by atoms with Gasteiger partial charge in [-0.25, -0.2) is 18.4 Å². The van der Waals surface area contributed by atoms with Crippen molar-refractivity contribution < 1.29 is 41.5 Å². The molecule has 19 heteroatoms. The normalized spacial score (nSPS) is 14.4. The number of nitrogens with two attached hydrogens (primary N) is 1. The number of rotatable bonds is 12. The molecule has 63 heavy (non-hydrogen) atoms. The Kier molecular flexibility index (Phi) is 17.8. The van der Waals surface area contributed by atoms with E-state index in [0.717, 1.165) is 41.2 Å². The summed E-state index contributed by atoms with van der Waals surface area (Å²) in [4.78, 5) is 72.2. The van der Waals surface area contributed by atoms with Gasteiger partial charge in [0, 0.05) is 94.9 Å². The van der Waals surface area contributed by atoms with E-state index in [1.807, 2.05) is 38.4 Å². The van der Waals surface area contributed by atoms with Crippen LogP contribution in [0.4, 0.5) is 38.5 Å². The quantitative estimate of drug-likeness (QED) is 0.119. The summed E-state index contributed by atoms with van der Waals surface area (Å²) in [7, 11) is 4.00. The number of hydrogen-bond donors (Lipinski definition) is 2. The molecule has 2 fully saturated rings. The minimum absolute atomic E-state index is 0.0652. The van der Waals surface area contributed by atoms with Gasteiger partial charge in [0.05, 0.1) is 26.2 Å². The van der Waals surface area contributed by atoms with E-state index in [2.05, 4.69) is 41.7 Å². The van der Waals surface area contributed by atoms with Crippen LogP contribution < -0.4 is 20.9 Å². The molecule has 4 aromatic rings. The van der Waals surface area contributed by atoms with E-state index in [-0.39, 0.29) is 54.2 Å². The van der Waals surface area contributed by atoms with Crippen LogP contribution in [0.1, 0.15) is 31.8 Å². The number of anilines is 2. The maximum Gasteiger partial charge on any atom is 0.324 e. The number of halogens is 6. The molecular formula is C44H48Br2F4N8O5. The predicted molar refractivity (Wildman–Crippen MR) is 239 cm³/mol. The summed E-state index contributed by atoms with van der Waals surface area (Å²) in [5.41, 5.74) is 7.29. The first-order chi connectivity index (χ1) is 30.0. The van der Waals surface area contributed by atoms with Crippen molar-refractivity contribution >= 4 is 72.8 Å². The maximum atomic E-state index is 14.9. The van der Waals surface area contributed by atoms with Crippen LogP contribution in [0, 0.1) is 11.6 Å². The molecule has 6 rings (SSSR count). The fraction of sp³-hybridized carbons (Fsp3) is 0.341. The first-order valence-corrected chi connectivity index (χ1v) is 21.5. The molecule has 0 aromatic heterocycles. The van der Waals surface area contributed by atoms with Crippen molar-refractivity contribution in [1.82, 2.24) is 24.9 Å². The van der Waals surface area contributed by atoms with Crippen LogP contribution in [-0.4, -0.2) is 135 Å². The van der Waals surface area contributed by atoms with Gasteiger partial charge in [0.25, 0.3) is 5.91 Å². The molecule has 0 saturated carbocycles. The molecule has 0 aliphatic carbocycles. The predicted octanol–water partition coefficient (Wildman–Crippen LogP) is 6.63. The number of nitrogens with one attached hydrogen (secondary N) is 1. The molecule has 336 valence electrons. The first kappa shape index (κ1) is 48.8. The number of Topliss-reactive ketones (excluding diaryl/α,β-unsaturated/α-hetero) is 2. The molecule has 0 radical (unpaired) electrons. The van der Waals surface area contributed by atoms with E-state index in [1.165, 1.54) is 23.1 Å². The molecule has 0 bridgehead atoms. The number of benzene rings is 4. The average Bonchev–Trinajstić information content (AvgIpc) is 3.28. The van der Waals surface area contributed by atoms with Crippen molar-refractivity contribution in [1.29, 1.82) is 0 Å². The lowest BCUT2D eigenvalue weighted by molar-refractivity contribution is -0.131. The highest BCUT2D eigenvalue weighted by molar-refractivity contribution is 9.10. The van der Waals surface area contributed by atoms with Gasteiger partial charge in [-0.3, -0.25) is 24.2 Å². The van der Waals surface area contributed by atoms with Crippen molar-refractivity contribution in [2.45, 2.75) is 19.5 Å². The van der Waals surface area contributed by atoms with Crippen molar-refractivity contribution in [2.75, 3.05) is 89.3 Å². The summed E-state index contributed by atoms with van der Waals surface area (Å²) in [6, 6.07) is 22.0. The fourth-order valence-corrected chi connectivity index (χ4v) is 7.15. The molecule has 3 N–H and O–H groups in total. The molecule has 4 aromatic carbocycles. The summed E-state index contributed by atoms with van der Waals surface area (Å²) in [5.74, 6) is -3.86. The fourth-order valence-electron chi connectivity index (χ4n) is 6.62. The highest BCUT2D eigenvalue weighted by Crippen LogP contribution is 2.26. The molecule has 0 unspecified atom stereocenters. The molecule has 0 spiro atoms. The zero-order chi connectivity index (χ0) is 45.8. The lowest BCUT2D eigenvalue weighted by Crippen LogP contribution is -2.52. The SMILES string of the molecule is CN1CCN(C(=O)N(Cc2ccc(C(=O)CN)cc2F)c2ccc(Br)cc2)CC1.CN1CCN(C(=O)N(Cc2ccc(C(=O)CNC(=O)C(F)F)cc2F)c2ccc(Br)cc2)CC1. The van der Waals surface area contributed by atoms with E-state index < -0.39 is 36.3 Å². The van der Waals surface area contributed by atoms with E-state index >= 15 is 0 Å². The summed E-state index contributed by atoms with van der Waals surface area (Å²) in [6.07, 6.45) is -3.24. The Balaban J connectivity index is 0.000000240. The van der Waals surface area contributed by atoms with Crippen LogP contribution in [0.25, 0.3) is 0 Å². The number of carbonyl (C=O) groups is 5. The number of carbonyl (C=O) groups excluding carboxylic acids is 5. The number of hydrogen-bond acceptors (Lipinski definition) is 8. The Morgan fingerprint density at radius 2 is 1.00 bits per heavy atom. The summed E-state index contributed by atoms with van der Waals surface area (Å²) in [6.45, 7) is 4.52. The number of urea groups is 2. The smallest absolute Gasteiger partial charge is 0.324 e. The van der Waals surface area contributed by atoms with Crippen LogP contribution in [0.15, 0.2) is 93.9 Å². The van der Waals surface area contributed by atoms with Gasteiger partial charge in [-0.05, 0) is 74.8 Å². The number of nitrogens with zero attached hydrogens (tertiary/aromatic N) is 6. The number of alkyl halides is 2. The Morgan fingerprint density at radius 1 is 0.619 bits per heavy atom. The lowest BCUT2D eigenvalue weighted by Gasteiger charge is -2.36. The molecular weight excluding hydrogens is 956 g/mol. The van der Waals surface area contributed by atoms with Crippen LogP contribution in [0.5, 0.6) is 0 Å². The van der Waals surface area contributed by atoms with E-state index in [1.54, 1.807) is 56.4 Å². The maximum absolute atomic E-state index is 14.9. The van der Waals surface area contributed by atoms with Gasteiger partial charge in [0.1, 0.15) is 11.6 Å². The standard InChI is InChI=1S/C23H24BrF3N4O3.C21H24BrFN4O2/c1-29-8-10-30(11-9-29)23(34)31(18-6-4-17(24)5-7-18)14-16-3-2-15(12-19(16)25)20(32)13-28-22(33)21(26)27;1-25-8-10-26(11-9-25)21(29)27(18-6-4-17(22)5-7-18)14-16-3-2-15(12-19(16)23)20(28)13-24/h2-7,12,21H,8-11,13-14H2,1H3,(H,28,33);2-7,12H,8-11,13-14,24H2,1H3. The third-order valence-electron chi connectivity index (χ3n) is 10.5. The van der Waals surface area contributed by atoms with Gasteiger partial charge in [-0.15, -0.1) is 0 Å². The monoisotopic (exact) mass is 1000 g/mol. The molecule has 0 atom stereocenters. The minimum atomic E-state index is -3.24. The van der Waals surface area contributed by atoms with Gasteiger partial charge >= 0.3 is 18.5 Å². The molecule has 13 nitrogen and oxygen atoms in total. The van der Waals surface area contributed by atoms with Gasteiger partial charge in [0.2, 0.25) is 0 Å². The van der Waals surface area contributed by atoms with Gasteiger partial charge < -0.3 is 30.7 Å². The van der Waals surface area contributed by atoms with E-state index in [0.29, 0.717) is 43.1 Å². The van der Waals surface area contributed by atoms with Gasteiger partial charge in [-0.2, -0.15) is 8.78 Å². The first-order valence-electron chi connectivity index (χ1n) is 19.9. The second-order valence-corrected chi connectivity index (χ2v) is 16.8. The largest absolute Gasteiger partial charge is 0.344 e. The Bertz CT molecular complexity index is 2240.